The Balaban J connectivity index is 1.39. The van der Waals surface area contributed by atoms with Gasteiger partial charge in [-0.2, -0.15) is 13.2 Å². The van der Waals surface area contributed by atoms with E-state index in [-0.39, 0.29) is 5.69 Å². The van der Waals surface area contributed by atoms with E-state index >= 15 is 0 Å². The summed E-state index contributed by atoms with van der Waals surface area (Å²) in [7, 11) is 0. The smallest absolute Gasteiger partial charge is 0.370 e. The monoisotopic (exact) mass is 409 g/mol. The number of rotatable bonds is 7. The first kappa shape index (κ1) is 20.8. The largest absolute Gasteiger partial charge is 0.416 e. The molecule has 3 rings (SSSR count). The summed E-state index contributed by atoms with van der Waals surface area (Å²) >= 11 is 0. The van der Waals surface area contributed by atoms with E-state index in [0.717, 1.165) is 32.1 Å². The number of nitro groups is 1. The van der Waals surface area contributed by atoms with E-state index < -0.39 is 16.7 Å². The Kier molecular flexibility index (Phi) is 6.53. The Morgan fingerprint density at radius 2 is 1.90 bits per heavy atom. The van der Waals surface area contributed by atoms with Crippen LogP contribution < -0.4 is 10.2 Å². The zero-order valence-corrected chi connectivity index (χ0v) is 15.7. The minimum atomic E-state index is -4.33. The molecule has 1 aromatic carbocycles. The second kappa shape index (κ2) is 9.08. The summed E-state index contributed by atoms with van der Waals surface area (Å²) in [6.07, 6.45) is -2.25. The van der Waals surface area contributed by atoms with Crippen LogP contribution in [0.4, 0.5) is 30.4 Å². The van der Waals surface area contributed by atoms with Crippen molar-refractivity contribution in [3.63, 3.8) is 0 Å². The molecule has 1 aliphatic heterocycles. The molecule has 7 nitrogen and oxygen atoms in total. The first-order valence-corrected chi connectivity index (χ1v) is 9.32. The Morgan fingerprint density at radius 1 is 1.14 bits per heavy atom. The zero-order valence-electron chi connectivity index (χ0n) is 15.7. The van der Waals surface area contributed by atoms with Crippen LogP contribution in [0.5, 0.6) is 0 Å². The molecular weight excluding hydrogens is 387 g/mol. The number of hydrogen-bond acceptors (Lipinski definition) is 6. The maximum atomic E-state index is 12.9. The summed E-state index contributed by atoms with van der Waals surface area (Å²) in [5.74, 6) is 0.588. The van der Waals surface area contributed by atoms with Gasteiger partial charge in [-0.15, -0.1) is 0 Å². The lowest BCUT2D eigenvalue weighted by Gasteiger charge is -2.36. The summed E-state index contributed by atoms with van der Waals surface area (Å²) in [5, 5.41) is 13.7. The first-order chi connectivity index (χ1) is 13.8. The number of halogens is 3. The molecule has 0 bridgehead atoms. The first-order valence-electron chi connectivity index (χ1n) is 9.32. The van der Waals surface area contributed by atoms with Crippen LogP contribution in [0.25, 0.3) is 0 Å². The third-order valence-corrected chi connectivity index (χ3v) is 4.83. The van der Waals surface area contributed by atoms with Crippen molar-refractivity contribution >= 4 is 17.2 Å². The highest BCUT2D eigenvalue weighted by molar-refractivity contribution is 5.49. The molecular formula is C19H22F3N5O2. The summed E-state index contributed by atoms with van der Waals surface area (Å²) in [6.45, 7) is 4.46. The molecule has 1 saturated heterocycles. The molecule has 0 spiro atoms. The van der Waals surface area contributed by atoms with Gasteiger partial charge in [0.2, 0.25) is 0 Å². The van der Waals surface area contributed by atoms with Crippen LogP contribution in [-0.2, 0) is 6.18 Å². The molecule has 1 fully saturated rings. The Hall–Kier alpha value is -2.88. The van der Waals surface area contributed by atoms with Gasteiger partial charge in [0.05, 0.1) is 10.5 Å². The second-order valence-electron chi connectivity index (χ2n) is 6.82. The fourth-order valence-corrected chi connectivity index (χ4v) is 3.23. The van der Waals surface area contributed by atoms with Gasteiger partial charge in [0.25, 0.3) is 5.69 Å². The van der Waals surface area contributed by atoms with E-state index in [0.29, 0.717) is 31.1 Å². The molecule has 1 N–H and O–H groups in total. The van der Waals surface area contributed by atoms with Crippen molar-refractivity contribution in [3.8, 4) is 0 Å². The lowest BCUT2D eigenvalue weighted by molar-refractivity contribution is -0.385. The molecule has 0 saturated carbocycles. The van der Waals surface area contributed by atoms with Gasteiger partial charge >= 0.3 is 6.18 Å². The van der Waals surface area contributed by atoms with Gasteiger partial charge in [0.15, 0.2) is 0 Å². The van der Waals surface area contributed by atoms with Crippen molar-refractivity contribution in [2.45, 2.75) is 12.6 Å². The number of alkyl halides is 3. The van der Waals surface area contributed by atoms with E-state index in [1.807, 2.05) is 4.90 Å². The van der Waals surface area contributed by atoms with Gasteiger partial charge in [-0.3, -0.25) is 15.0 Å². The number of nitrogens with zero attached hydrogens (tertiary/aromatic N) is 4. The van der Waals surface area contributed by atoms with E-state index in [1.165, 1.54) is 24.4 Å². The van der Waals surface area contributed by atoms with Crippen molar-refractivity contribution in [2.75, 3.05) is 49.5 Å². The quantitative estimate of drug-likeness (QED) is 0.428. The highest BCUT2D eigenvalue weighted by Gasteiger charge is 2.31. The summed E-state index contributed by atoms with van der Waals surface area (Å²) in [6, 6.07) is 8.44. The lowest BCUT2D eigenvalue weighted by atomic mass is 10.1. The molecule has 10 heteroatoms. The van der Waals surface area contributed by atoms with Crippen LogP contribution in [0.15, 0.2) is 42.6 Å². The van der Waals surface area contributed by atoms with Crippen LogP contribution in [0.1, 0.15) is 12.0 Å². The Labute approximate surface area is 166 Å². The van der Waals surface area contributed by atoms with Crippen LogP contribution in [-0.4, -0.2) is 54.1 Å². The molecule has 2 aromatic rings. The normalized spacial score (nSPS) is 15.3. The van der Waals surface area contributed by atoms with Crippen molar-refractivity contribution in [1.82, 2.24) is 9.88 Å². The summed E-state index contributed by atoms with van der Waals surface area (Å²) < 4.78 is 38.6. The van der Waals surface area contributed by atoms with E-state index in [2.05, 4.69) is 15.2 Å². The van der Waals surface area contributed by atoms with E-state index in [1.54, 1.807) is 12.1 Å². The summed E-state index contributed by atoms with van der Waals surface area (Å²) in [5.41, 5.74) is -0.0667. The molecule has 156 valence electrons. The molecule has 0 amide bonds. The van der Waals surface area contributed by atoms with Gasteiger partial charge < -0.3 is 10.2 Å². The van der Waals surface area contributed by atoms with Gasteiger partial charge in [0.1, 0.15) is 12.0 Å². The number of benzene rings is 1. The highest BCUT2D eigenvalue weighted by atomic mass is 19.4. The Morgan fingerprint density at radius 3 is 2.52 bits per heavy atom. The van der Waals surface area contributed by atoms with Crippen LogP contribution >= 0.6 is 0 Å². The number of anilines is 2. The third-order valence-electron chi connectivity index (χ3n) is 4.83. The topological polar surface area (TPSA) is 74.5 Å². The van der Waals surface area contributed by atoms with Crippen LogP contribution in [0, 0.1) is 10.1 Å². The number of hydrogen-bond donors (Lipinski definition) is 1. The van der Waals surface area contributed by atoms with Crippen molar-refractivity contribution in [2.24, 2.45) is 0 Å². The Bertz CT molecular complexity index is 821. The van der Waals surface area contributed by atoms with Crippen molar-refractivity contribution in [3.05, 3.63) is 58.3 Å². The predicted molar refractivity (Wildman–Crippen MR) is 104 cm³/mol. The van der Waals surface area contributed by atoms with Gasteiger partial charge in [0, 0.05) is 44.5 Å². The fraction of sp³-hybridized carbons (Fsp3) is 0.421. The lowest BCUT2D eigenvalue weighted by Crippen LogP contribution is -2.46. The second-order valence-corrected chi connectivity index (χ2v) is 6.82. The number of piperazine rings is 1. The van der Waals surface area contributed by atoms with Crippen molar-refractivity contribution in [1.29, 1.82) is 0 Å². The molecule has 29 heavy (non-hydrogen) atoms. The molecule has 0 atom stereocenters. The molecule has 1 aromatic heterocycles. The van der Waals surface area contributed by atoms with E-state index in [4.69, 9.17) is 0 Å². The fourth-order valence-electron chi connectivity index (χ4n) is 3.23. The maximum Gasteiger partial charge on any atom is 0.416 e. The van der Waals surface area contributed by atoms with Crippen LogP contribution in [0.3, 0.4) is 0 Å². The predicted octanol–water partition coefficient (Wildman–Crippen LogP) is 3.63. The molecule has 0 radical (unpaired) electrons. The highest BCUT2D eigenvalue weighted by Crippen LogP contribution is 2.31. The molecule has 1 aliphatic rings. The number of aromatic nitrogens is 1. The molecule has 0 aliphatic carbocycles. The molecule has 0 unspecified atom stereocenters. The maximum absolute atomic E-state index is 12.9. The van der Waals surface area contributed by atoms with Gasteiger partial charge in [-0.1, -0.05) is 6.07 Å². The standard InChI is InChI=1S/C19H22F3N5O2/c20-19(21,22)15-3-1-4-16(13-15)26-11-9-25(10-12-26)8-2-7-23-18-6-5-17(14-24-18)27(28)29/h1,3-6,13-14H,2,7-12H2,(H,23,24). The van der Waals surface area contributed by atoms with Gasteiger partial charge in [-0.25, -0.2) is 4.98 Å². The average Bonchev–Trinajstić information content (AvgIpc) is 2.71. The number of nitrogens with one attached hydrogen (secondary N) is 1. The summed E-state index contributed by atoms with van der Waals surface area (Å²) in [4.78, 5) is 18.4. The molecule has 2 heterocycles. The minimum absolute atomic E-state index is 0.0470. The average molecular weight is 409 g/mol. The SMILES string of the molecule is O=[N+]([O-])c1ccc(NCCCN2CCN(c3cccc(C(F)(F)F)c3)CC2)nc1. The van der Waals surface area contributed by atoms with Crippen molar-refractivity contribution < 1.29 is 18.1 Å². The number of pyridine rings is 1. The van der Waals surface area contributed by atoms with E-state index in [9.17, 15) is 23.3 Å². The minimum Gasteiger partial charge on any atom is -0.370 e. The van der Waals surface area contributed by atoms with Crippen LogP contribution in [0.2, 0.25) is 0 Å². The third kappa shape index (κ3) is 5.80. The van der Waals surface area contributed by atoms with Gasteiger partial charge in [-0.05, 0) is 37.2 Å². The zero-order chi connectivity index (χ0) is 20.9.